The molecule has 0 fully saturated rings. The Morgan fingerprint density at radius 1 is 1.53 bits per heavy atom. The van der Waals surface area contributed by atoms with E-state index in [0.29, 0.717) is 5.82 Å². The SMILES string of the molecule is Cc1[nH]c(C(N)CC(=O)O)nc1-c1ccccc1Br. The maximum atomic E-state index is 10.7. The van der Waals surface area contributed by atoms with Gasteiger partial charge in [0.15, 0.2) is 0 Å². The normalized spacial score (nSPS) is 12.4. The number of benzene rings is 1. The molecule has 0 aliphatic carbocycles. The van der Waals surface area contributed by atoms with Gasteiger partial charge in [-0.1, -0.05) is 34.1 Å². The molecule has 2 rings (SSSR count). The van der Waals surface area contributed by atoms with E-state index in [0.717, 1.165) is 21.4 Å². The van der Waals surface area contributed by atoms with Crippen molar-refractivity contribution >= 4 is 21.9 Å². The van der Waals surface area contributed by atoms with Crippen LogP contribution < -0.4 is 5.73 Å². The van der Waals surface area contributed by atoms with Crippen LogP contribution in [0, 0.1) is 6.92 Å². The van der Waals surface area contributed by atoms with Gasteiger partial charge in [0.1, 0.15) is 5.82 Å². The molecule has 0 amide bonds. The minimum atomic E-state index is -0.941. The van der Waals surface area contributed by atoms with Crippen molar-refractivity contribution in [3.05, 3.63) is 40.3 Å². The minimum Gasteiger partial charge on any atom is -0.481 e. The van der Waals surface area contributed by atoms with Gasteiger partial charge in [0.2, 0.25) is 0 Å². The summed E-state index contributed by atoms with van der Waals surface area (Å²) in [7, 11) is 0. The third-order valence-corrected chi connectivity index (χ3v) is 3.47. The first-order valence-electron chi connectivity index (χ1n) is 5.78. The van der Waals surface area contributed by atoms with Gasteiger partial charge in [0.05, 0.1) is 18.2 Å². The average Bonchev–Trinajstić information content (AvgIpc) is 2.71. The van der Waals surface area contributed by atoms with E-state index in [1.54, 1.807) is 0 Å². The maximum absolute atomic E-state index is 10.7. The van der Waals surface area contributed by atoms with Crippen LogP contribution in [-0.2, 0) is 4.79 Å². The van der Waals surface area contributed by atoms with Crippen molar-refractivity contribution in [3.63, 3.8) is 0 Å². The number of aryl methyl sites for hydroxylation is 1. The summed E-state index contributed by atoms with van der Waals surface area (Å²) in [6.07, 6.45) is -0.150. The molecule has 0 saturated heterocycles. The van der Waals surface area contributed by atoms with E-state index < -0.39 is 12.0 Å². The average molecular weight is 324 g/mol. The number of aromatic amines is 1. The largest absolute Gasteiger partial charge is 0.481 e. The zero-order valence-corrected chi connectivity index (χ0v) is 11.9. The van der Waals surface area contributed by atoms with Gasteiger partial charge in [0.25, 0.3) is 0 Å². The van der Waals surface area contributed by atoms with Crippen LogP contribution in [0.1, 0.15) is 24.0 Å². The molecule has 0 aliphatic rings. The Kier molecular flexibility index (Phi) is 4.01. The lowest BCUT2D eigenvalue weighted by molar-refractivity contribution is -0.137. The smallest absolute Gasteiger partial charge is 0.305 e. The van der Waals surface area contributed by atoms with E-state index in [2.05, 4.69) is 25.9 Å². The summed E-state index contributed by atoms with van der Waals surface area (Å²) < 4.78 is 0.933. The number of nitrogens with two attached hydrogens (primary N) is 1. The first kappa shape index (κ1) is 13.8. The number of hydrogen-bond donors (Lipinski definition) is 3. The highest BCUT2D eigenvalue weighted by molar-refractivity contribution is 9.10. The molecular formula is C13H14BrN3O2. The molecule has 5 nitrogen and oxygen atoms in total. The Morgan fingerprint density at radius 2 is 2.21 bits per heavy atom. The Balaban J connectivity index is 2.37. The molecule has 0 spiro atoms. The number of H-pyrrole nitrogens is 1. The highest BCUT2D eigenvalue weighted by atomic mass is 79.9. The van der Waals surface area contributed by atoms with Crippen molar-refractivity contribution in [1.29, 1.82) is 0 Å². The van der Waals surface area contributed by atoms with E-state index in [-0.39, 0.29) is 6.42 Å². The van der Waals surface area contributed by atoms with E-state index in [1.165, 1.54) is 0 Å². The Morgan fingerprint density at radius 3 is 2.84 bits per heavy atom. The van der Waals surface area contributed by atoms with Gasteiger partial charge in [-0.3, -0.25) is 4.79 Å². The van der Waals surface area contributed by atoms with Crippen molar-refractivity contribution < 1.29 is 9.90 Å². The summed E-state index contributed by atoms with van der Waals surface area (Å²) in [5.41, 5.74) is 8.40. The van der Waals surface area contributed by atoms with Crippen LogP contribution in [0.4, 0.5) is 0 Å². The molecule has 6 heteroatoms. The number of hydrogen-bond acceptors (Lipinski definition) is 3. The Bertz CT molecular complexity index is 610. The molecule has 0 bridgehead atoms. The van der Waals surface area contributed by atoms with Crippen molar-refractivity contribution in [1.82, 2.24) is 9.97 Å². The van der Waals surface area contributed by atoms with E-state index in [4.69, 9.17) is 10.8 Å². The number of nitrogens with one attached hydrogen (secondary N) is 1. The Labute approximate surface area is 119 Å². The van der Waals surface area contributed by atoms with Gasteiger partial charge in [0, 0.05) is 15.7 Å². The number of carbonyl (C=O) groups is 1. The quantitative estimate of drug-likeness (QED) is 0.806. The van der Waals surface area contributed by atoms with Gasteiger partial charge >= 0.3 is 5.97 Å². The molecule has 1 heterocycles. The first-order valence-corrected chi connectivity index (χ1v) is 6.57. The number of nitrogens with zero attached hydrogens (tertiary/aromatic N) is 1. The van der Waals surface area contributed by atoms with Crippen LogP contribution in [0.5, 0.6) is 0 Å². The summed E-state index contributed by atoms with van der Waals surface area (Å²) in [6.45, 7) is 1.89. The fourth-order valence-corrected chi connectivity index (χ4v) is 2.33. The van der Waals surface area contributed by atoms with Crippen LogP contribution >= 0.6 is 15.9 Å². The zero-order valence-electron chi connectivity index (χ0n) is 10.4. The van der Waals surface area contributed by atoms with Gasteiger partial charge in [-0.15, -0.1) is 0 Å². The number of rotatable bonds is 4. The fraction of sp³-hybridized carbons (Fsp3) is 0.231. The van der Waals surface area contributed by atoms with Crippen molar-refractivity contribution in [2.45, 2.75) is 19.4 Å². The second-order valence-electron chi connectivity index (χ2n) is 4.28. The summed E-state index contributed by atoms with van der Waals surface area (Å²) in [6, 6.07) is 7.09. The molecule has 4 N–H and O–H groups in total. The molecule has 1 unspecified atom stereocenters. The summed E-state index contributed by atoms with van der Waals surface area (Å²) in [5.74, 6) is -0.449. The standard InChI is InChI=1S/C13H14BrN3O2/c1-7-12(8-4-2-3-5-9(8)14)17-13(16-7)10(15)6-11(18)19/h2-5,10H,6,15H2,1H3,(H,16,17)(H,18,19). The minimum absolute atomic E-state index is 0.150. The van der Waals surface area contributed by atoms with Crippen LogP contribution in [-0.4, -0.2) is 21.0 Å². The number of aromatic nitrogens is 2. The lowest BCUT2D eigenvalue weighted by Gasteiger charge is -2.04. The van der Waals surface area contributed by atoms with Gasteiger partial charge in [-0.2, -0.15) is 0 Å². The summed E-state index contributed by atoms with van der Waals surface area (Å²) in [5, 5.41) is 8.75. The second-order valence-corrected chi connectivity index (χ2v) is 5.13. The van der Waals surface area contributed by atoms with Crippen LogP contribution in [0.3, 0.4) is 0 Å². The molecule has 1 aromatic heterocycles. The highest BCUT2D eigenvalue weighted by Crippen LogP contribution is 2.29. The predicted molar refractivity (Wildman–Crippen MR) is 75.6 cm³/mol. The third-order valence-electron chi connectivity index (χ3n) is 2.78. The molecule has 1 atom stereocenters. The lowest BCUT2D eigenvalue weighted by Crippen LogP contribution is -2.16. The van der Waals surface area contributed by atoms with Gasteiger partial charge < -0.3 is 15.8 Å². The summed E-state index contributed by atoms with van der Waals surface area (Å²) >= 11 is 3.47. The highest BCUT2D eigenvalue weighted by Gasteiger charge is 2.17. The number of carboxylic acid groups (broad SMARTS) is 1. The molecule has 2 aromatic rings. The van der Waals surface area contributed by atoms with E-state index in [9.17, 15) is 4.79 Å². The van der Waals surface area contributed by atoms with Crippen molar-refractivity contribution in [2.24, 2.45) is 5.73 Å². The van der Waals surface area contributed by atoms with Crippen molar-refractivity contribution in [3.8, 4) is 11.3 Å². The zero-order chi connectivity index (χ0) is 14.0. The molecule has 1 aromatic carbocycles. The Hall–Kier alpha value is -1.66. The van der Waals surface area contributed by atoms with Crippen LogP contribution in [0.15, 0.2) is 28.7 Å². The molecule has 19 heavy (non-hydrogen) atoms. The van der Waals surface area contributed by atoms with Crippen LogP contribution in [0.25, 0.3) is 11.3 Å². The lowest BCUT2D eigenvalue weighted by atomic mass is 10.1. The van der Waals surface area contributed by atoms with Gasteiger partial charge in [-0.25, -0.2) is 4.98 Å². The number of imidazole rings is 1. The van der Waals surface area contributed by atoms with Gasteiger partial charge in [-0.05, 0) is 13.0 Å². The third kappa shape index (κ3) is 3.02. The van der Waals surface area contributed by atoms with Crippen molar-refractivity contribution in [2.75, 3.05) is 0 Å². The number of halogens is 1. The number of aliphatic carboxylic acids is 1. The fourth-order valence-electron chi connectivity index (χ4n) is 1.86. The second kappa shape index (κ2) is 5.54. The summed E-state index contributed by atoms with van der Waals surface area (Å²) in [4.78, 5) is 18.1. The monoisotopic (exact) mass is 323 g/mol. The van der Waals surface area contributed by atoms with E-state index in [1.807, 2.05) is 31.2 Å². The molecule has 100 valence electrons. The molecule has 0 saturated carbocycles. The maximum Gasteiger partial charge on any atom is 0.305 e. The van der Waals surface area contributed by atoms with E-state index >= 15 is 0 Å². The molecule has 0 radical (unpaired) electrons. The number of carboxylic acids is 1. The molecule has 0 aliphatic heterocycles. The topological polar surface area (TPSA) is 92.0 Å². The predicted octanol–water partition coefficient (Wildman–Crippen LogP) is 2.62. The van der Waals surface area contributed by atoms with Crippen LogP contribution in [0.2, 0.25) is 0 Å². The molecular weight excluding hydrogens is 310 g/mol. The first-order chi connectivity index (χ1) is 8.99.